The average Bonchev–Trinajstić information content (AvgIpc) is 3.21. The molecule has 5 rings (SSSR count). The van der Waals surface area contributed by atoms with Gasteiger partial charge in [0.25, 0.3) is 5.56 Å². The van der Waals surface area contributed by atoms with Gasteiger partial charge in [-0.15, -0.1) is 0 Å². The van der Waals surface area contributed by atoms with E-state index in [0.717, 1.165) is 17.0 Å². The minimum atomic E-state index is -0.275. The van der Waals surface area contributed by atoms with Crippen LogP contribution < -0.4 is 16.6 Å². The van der Waals surface area contributed by atoms with Gasteiger partial charge in [-0.25, -0.2) is 9.78 Å². The van der Waals surface area contributed by atoms with Crippen molar-refractivity contribution >= 4 is 28.4 Å². The summed E-state index contributed by atoms with van der Waals surface area (Å²) in [5.74, 6) is 0. The number of nitrogens with one attached hydrogen (secondary N) is 3. The lowest BCUT2D eigenvalue weighted by Gasteiger charge is -2.24. The number of hydrogen-bond donors (Lipinski definition) is 3. The molecule has 0 fully saturated rings. The second-order valence-corrected chi connectivity index (χ2v) is 7.71. The van der Waals surface area contributed by atoms with Crippen LogP contribution in [0.1, 0.15) is 5.69 Å². The molecule has 0 bridgehead atoms. The molecule has 2 aromatic heterocycles. The summed E-state index contributed by atoms with van der Waals surface area (Å²) in [5, 5.41) is 3.27. The van der Waals surface area contributed by atoms with Crippen molar-refractivity contribution < 1.29 is 0 Å². The summed E-state index contributed by atoms with van der Waals surface area (Å²) in [6.45, 7) is 0. The Bertz CT molecular complexity index is 1260. The van der Waals surface area contributed by atoms with E-state index >= 15 is 0 Å². The highest BCUT2D eigenvalue weighted by molar-refractivity contribution is 8.00. The standard InChI is InChI=1S/C18H16N6O2S/c1-23(2)12-5-6-19-16-13(12)14-15(27-16)17(25)24(8-20-14)9-3-4-10-11(7-9)22-18(26)21-10/h3-8,16,19H,1-2H3,(H2,21,22,26). The van der Waals surface area contributed by atoms with E-state index in [4.69, 9.17) is 0 Å². The Morgan fingerprint density at radius 2 is 2.00 bits per heavy atom. The van der Waals surface area contributed by atoms with E-state index in [1.165, 1.54) is 16.3 Å². The fourth-order valence-electron chi connectivity index (χ4n) is 3.46. The lowest BCUT2D eigenvalue weighted by atomic mass is 10.1. The number of benzene rings is 1. The van der Waals surface area contributed by atoms with Gasteiger partial charge in [0.15, 0.2) is 0 Å². The van der Waals surface area contributed by atoms with E-state index in [0.29, 0.717) is 21.6 Å². The molecule has 0 radical (unpaired) electrons. The van der Waals surface area contributed by atoms with Gasteiger partial charge in [0.1, 0.15) is 16.6 Å². The molecule has 2 aliphatic heterocycles. The first-order valence-electron chi connectivity index (χ1n) is 8.38. The van der Waals surface area contributed by atoms with Crippen LogP contribution in [0.2, 0.25) is 0 Å². The second-order valence-electron chi connectivity index (χ2n) is 6.60. The third-order valence-electron chi connectivity index (χ3n) is 4.71. The highest BCUT2D eigenvalue weighted by atomic mass is 32.2. The molecule has 0 spiro atoms. The maximum atomic E-state index is 13.2. The number of likely N-dealkylation sites (N-methyl/N-ethyl adjacent to an activating group) is 1. The molecule has 0 saturated carbocycles. The molecule has 1 atom stereocenters. The normalized spacial score (nSPS) is 17.8. The van der Waals surface area contributed by atoms with Gasteiger partial charge in [0.2, 0.25) is 0 Å². The number of fused-ring (bicyclic) bond motifs is 4. The molecule has 0 aliphatic carbocycles. The molecule has 136 valence electrons. The summed E-state index contributed by atoms with van der Waals surface area (Å²) in [7, 11) is 3.96. The van der Waals surface area contributed by atoms with Gasteiger partial charge in [-0.2, -0.15) is 0 Å². The first kappa shape index (κ1) is 16.0. The zero-order chi connectivity index (χ0) is 18.7. The summed E-state index contributed by atoms with van der Waals surface area (Å²) in [4.78, 5) is 37.3. The number of imidazole rings is 1. The molecule has 2 aliphatic rings. The highest BCUT2D eigenvalue weighted by Gasteiger charge is 2.35. The van der Waals surface area contributed by atoms with Crippen molar-refractivity contribution in [3.05, 3.63) is 69.0 Å². The third-order valence-corrected chi connectivity index (χ3v) is 5.92. The van der Waals surface area contributed by atoms with Gasteiger partial charge in [-0.05, 0) is 30.5 Å². The molecule has 9 heteroatoms. The van der Waals surface area contributed by atoms with Crippen LogP contribution in [-0.2, 0) is 0 Å². The van der Waals surface area contributed by atoms with Gasteiger partial charge in [-0.1, -0.05) is 11.8 Å². The highest BCUT2D eigenvalue weighted by Crippen LogP contribution is 2.44. The molecule has 27 heavy (non-hydrogen) atoms. The molecule has 1 aromatic carbocycles. The fourth-order valence-corrected chi connectivity index (χ4v) is 4.66. The Morgan fingerprint density at radius 3 is 2.81 bits per heavy atom. The van der Waals surface area contributed by atoms with E-state index in [1.54, 1.807) is 24.5 Å². The Labute approximate surface area is 157 Å². The van der Waals surface area contributed by atoms with E-state index in [9.17, 15) is 9.59 Å². The number of hydrogen-bond acceptors (Lipinski definition) is 6. The number of aromatic nitrogens is 4. The van der Waals surface area contributed by atoms with Crippen molar-refractivity contribution in [1.82, 2.24) is 29.7 Å². The Balaban J connectivity index is 1.68. The van der Waals surface area contributed by atoms with E-state index in [-0.39, 0.29) is 16.6 Å². The molecule has 1 unspecified atom stereocenters. The Kier molecular flexibility index (Phi) is 3.35. The van der Waals surface area contributed by atoms with Crippen LogP contribution in [-0.4, -0.2) is 43.9 Å². The first-order chi connectivity index (χ1) is 13.0. The van der Waals surface area contributed by atoms with E-state index < -0.39 is 0 Å². The molecule has 3 aromatic rings. The first-order valence-corrected chi connectivity index (χ1v) is 9.26. The van der Waals surface area contributed by atoms with Crippen LogP contribution in [0.15, 0.2) is 57.0 Å². The molecule has 8 nitrogen and oxygen atoms in total. The SMILES string of the molecule is CN(C)C1=C2c3ncn(-c4ccc5[nH]c(=O)[nH]c5c4)c(=O)c3SC2NC=C1. The van der Waals surface area contributed by atoms with Gasteiger partial charge >= 0.3 is 5.69 Å². The summed E-state index contributed by atoms with van der Waals surface area (Å²) in [5.41, 5.74) is 4.39. The molecular formula is C18H16N6O2S. The van der Waals surface area contributed by atoms with E-state index in [2.05, 4.69) is 20.3 Å². The lowest BCUT2D eigenvalue weighted by molar-refractivity contribution is 0.526. The maximum absolute atomic E-state index is 13.2. The van der Waals surface area contributed by atoms with Crippen LogP contribution in [0.3, 0.4) is 0 Å². The number of aromatic amines is 2. The Morgan fingerprint density at radius 1 is 1.19 bits per heavy atom. The van der Waals surface area contributed by atoms with Crippen molar-refractivity contribution in [2.24, 2.45) is 0 Å². The zero-order valence-electron chi connectivity index (χ0n) is 14.6. The van der Waals surface area contributed by atoms with Crippen LogP contribution in [0.5, 0.6) is 0 Å². The van der Waals surface area contributed by atoms with Gasteiger partial charge < -0.3 is 20.2 Å². The summed E-state index contributed by atoms with van der Waals surface area (Å²) in [6.07, 6.45) is 5.44. The van der Waals surface area contributed by atoms with Gasteiger partial charge in [0.05, 0.1) is 22.4 Å². The number of dihydropyridines is 1. The number of allylic oxidation sites excluding steroid dienone is 1. The van der Waals surface area contributed by atoms with Crippen molar-refractivity contribution in [2.75, 3.05) is 14.1 Å². The largest absolute Gasteiger partial charge is 0.377 e. The van der Waals surface area contributed by atoms with Crippen LogP contribution in [0.4, 0.5) is 0 Å². The number of thioether (sulfide) groups is 1. The topological polar surface area (TPSA) is 98.8 Å². The minimum absolute atomic E-state index is 0.0260. The quantitative estimate of drug-likeness (QED) is 0.618. The third kappa shape index (κ3) is 2.35. The molecule has 0 amide bonds. The lowest BCUT2D eigenvalue weighted by Crippen LogP contribution is -2.27. The number of rotatable bonds is 2. The summed E-state index contributed by atoms with van der Waals surface area (Å²) < 4.78 is 1.51. The molecule has 3 N–H and O–H groups in total. The zero-order valence-corrected chi connectivity index (χ0v) is 15.4. The predicted octanol–water partition coefficient (Wildman–Crippen LogP) is 1.22. The van der Waals surface area contributed by atoms with Crippen LogP contribution in [0.25, 0.3) is 22.3 Å². The monoisotopic (exact) mass is 380 g/mol. The van der Waals surface area contributed by atoms with Crippen molar-refractivity contribution in [1.29, 1.82) is 0 Å². The van der Waals surface area contributed by atoms with Crippen molar-refractivity contribution in [3.63, 3.8) is 0 Å². The summed E-state index contributed by atoms with van der Waals surface area (Å²) in [6, 6.07) is 5.32. The molecule has 0 saturated heterocycles. The van der Waals surface area contributed by atoms with Crippen LogP contribution in [0, 0.1) is 0 Å². The fraction of sp³-hybridized carbons (Fsp3) is 0.167. The van der Waals surface area contributed by atoms with Crippen LogP contribution >= 0.6 is 11.8 Å². The van der Waals surface area contributed by atoms with Crippen molar-refractivity contribution in [2.45, 2.75) is 10.3 Å². The van der Waals surface area contributed by atoms with Crippen molar-refractivity contribution in [3.8, 4) is 5.69 Å². The molecule has 4 heterocycles. The van der Waals surface area contributed by atoms with E-state index in [1.807, 2.05) is 31.3 Å². The molecular weight excluding hydrogens is 364 g/mol. The predicted molar refractivity (Wildman–Crippen MR) is 105 cm³/mol. The van der Waals surface area contributed by atoms with Gasteiger partial charge in [-0.3, -0.25) is 9.36 Å². The summed E-state index contributed by atoms with van der Waals surface area (Å²) >= 11 is 1.48. The second kappa shape index (κ2) is 5.65. The average molecular weight is 380 g/mol. The number of H-pyrrole nitrogens is 2. The smallest absolute Gasteiger partial charge is 0.323 e. The Hall–Kier alpha value is -3.20. The van der Waals surface area contributed by atoms with Gasteiger partial charge in [0, 0.05) is 25.4 Å². The number of nitrogens with zero attached hydrogens (tertiary/aromatic N) is 3. The minimum Gasteiger partial charge on any atom is -0.377 e. The maximum Gasteiger partial charge on any atom is 0.323 e.